The fraction of sp³-hybridized carbons (Fsp3) is 0.143. The molecule has 0 radical (unpaired) electrons. The van der Waals surface area contributed by atoms with E-state index in [-0.39, 0.29) is 23.0 Å². The smallest absolute Gasteiger partial charge is 0.379 e. The highest BCUT2D eigenvalue weighted by molar-refractivity contribution is 6.30. The molecule has 0 spiro atoms. The minimum absolute atomic E-state index is 0.0178. The van der Waals surface area contributed by atoms with Gasteiger partial charge in [0.05, 0.1) is 5.92 Å². The minimum atomic E-state index is -0.620. The highest BCUT2D eigenvalue weighted by Gasteiger charge is 2.31. The van der Waals surface area contributed by atoms with E-state index in [0.717, 1.165) is 28.5 Å². The normalized spacial score (nSPS) is 14.1. The Morgan fingerprint density at radius 1 is 1.00 bits per heavy atom. The molecule has 43 heavy (non-hydrogen) atoms. The molecule has 1 unspecified atom stereocenters. The topological polar surface area (TPSA) is 108 Å². The molecule has 0 saturated heterocycles. The number of esters is 1. The number of furan rings is 1. The number of rotatable bonds is 7. The van der Waals surface area contributed by atoms with Crippen molar-refractivity contribution in [3.63, 3.8) is 0 Å². The Kier molecular flexibility index (Phi) is 7.54. The Bertz CT molecular complexity index is 1930. The molecule has 1 aromatic heterocycles. The summed E-state index contributed by atoms with van der Waals surface area (Å²) in [6.45, 7) is 4.27. The van der Waals surface area contributed by atoms with Gasteiger partial charge in [0.1, 0.15) is 41.1 Å². The Labute approximate surface area is 253 Å². The van der Waals surface area contributed by atoms with Crippen molar-refractivity contribution in [1.82, 2.24) is 0 Å². The Balaban J connectivity index is 1.27. The average Bonchev–Trinajstić information content (AvgIpc) is 3.35. The van der Waals surface area contributed by atoms with Gasteiger partial charge in [-0.2, -0.15) is 5.26 Å². The van der Waals surface area contributed by atoms with Gasteiger partial charge in [-0.15, -0.1) is 0 Å². The first-order valence-electron chi connectivity index (χ1n) is 13.8. The fourth-order valence-corrected chi connectivity index (χ4v) is 5.34. The zero-order chi connectivity index (χ0) is 30.1. The summed E-state index contributed by atoms with van der Waals surface area (Å²) in [7, 11) is 0. The van der Waals surface area contributed by atoms with E-state index >= 15 is 0 Å². The predicted molar refractivity (Wildman–Crippen MR) is 163 cm³/mol. The van der Waals surface area contributed by atoms with Gasteiger partial charge in [0.2, 0.25) is 11.6 Å². The van der Waals surface area contributed by atoms with Crippen LogP contribution >= 0.6 is 11.6 Å². The van der Waals surface area contributed by atoms with Gasteiger partial charge in [0, 0.05) is 27.6 Å². The zero-order valence-electron chi connectivity index (χ0n) is 23.5. The van der Waals surface area contributed by atoms with Crippen molar-refractivity contribution in [2.24, 2.45) is 5.73 Å². The molecule has 5 aromatic rings. The minimum Gasteiger partial charge on any atom is -0.489 e. The van der Waals surface area contributed by atoms with E-state index in [1.807, 2.05) is 73.7 Å². The van der Waals surface area contributed by atoms with Crippen LogP contribution in [0.1, 0.15) is 51.2 Å². The predicted octanol–water partition coefficient (Wildman–Crippen LogP) is 7.97. The van der Waals surface area contributed by atoms with Gasteiger partial charge in [0.15, 0.2) is 0 Å². The number of fused-ring (bicyclic) bond motifs is 2. The second kappa shape index (κ2) is 11.6. The molecular weight excluding hydrogens is 564 g/mol. The zero-order valence-corrected chi connectivity index (χ0v) is 24.3. The molecule has 0 bridgehead atoms. The molecule has 0 fully saturated rings. The van der Waals surface area contributed by atoms with Crippen LogP contribution in [-0.4, -0.2) is 5.97 Å². The number of carbonyl (C=O) groups is 1. The molecule has 2 N–H and O–H groups in total. The third kappa shape index (κ3) is 5.53. The van der Waals surface area contributed by atoms with Crippen LogP contribution < -0.4 is 19.9 Å². The average molecular weight is 591 g/mol. The van der Waals surface area contributed by atoms with E-state index in [9.17, 15) is 10.1 Å². The Morgan fingerprint density at radius 2 is 1.79 bits per heavy atom. The van der Waals surface area contributed by atoms with E-state index in [4.69, 9.17) is 36.0 Å². The SMILES string of the molecule is CCc1ccc2oc(C(=O)Oc3ccc4c(c3)OC(N)=C(C#N)C4c3cccc(OCc4ccc(Cl)cc4)c3)c(C)c2c1. The molecule has 0 amide bonds. The molecular formula is C35H27ClN2O5. The number of aryl methyl sites for hydroxylation is 2. The quantitative estimate of drug-likeness (QED) is 0.151. The first-order chi connectivity index (χ1) is 20.8. The maximum Gasteiger partial charge on any atom is 0.379 e. The van der Waals surface area contributed by atoms with Crippen LogP contribution in [-0.2, 0) is 13.0 Å². The number of nitriles is 1. The lowest BCUT2D eigenvalue weighted by Crippen LogP contribution is -2.21. The number of nitrogens with zero attached hydrogens (tertiary/aromatic N) is 1. The lowest BCUT2D eigenvalue weighted by molar-refractivity contribution is 0.0702. The van der Waals surface area contributed by atoms with E-state index in [1.165, 1.54) is 0 Å². The van der Waals surface area contributed by atoms with Gasteiger partial charge < -0.3 is 24.4 Å². The molecule has 1 atom stereocenters. The van der Waals surface area contributed by atoms with Crippen LogP contribution in [0, 0.1) is 18.3 Å². The summed E-state index contributed by atoms with van der Waals surface area (Å²) in [6.07, 6.45) is 0.877. The van der Waals surface area contributed by atoms with Crippen LogP contribution in [0.5, 0.6) is 17.2 Å². The molecule has 214 valence electrons. The molecule has 0 saturated carbocycles. The van der Waals surface area contributed by atoms with Crippen molar-refractivity contribution in [3.8, 4) is 23.3 Å². The molecule has 1 aliphatic rings. The number of carbonyl (C=O) groups excluding carboxylic acids is 1. The lowest BCUT2D eigenvalue weighted by Gasteiger charge is -2.27. The Hall–Kier alpha value is -5.19. The van der Waals surface area contributed by atoms with Gasteiger partial charge in [-0.3, -0.25) is 0 Å². The second-order valence-corrected chi connectivity index (χ2v) is 10.7. The first-order valence-corrected chi connectivity index (χ1v) is 14.1. The number of nitrogens with two attached hydrogens (primary N) is 1. The number of benzene rings is 4. The van der Waals surface area contributed by atoms with Gasteiger partial charge in [-0.1, -0.05) is 54.9 Å². The van der Waals surface area contributed by atoms with Crippen molar-refractivity contribution in [1.29, 1.82) is 5.26 Å². The van der Waals surface area contributed by atoms with Crippen molar-refractivity contribution >= 4 is 28.5 Å². The summed E-state index contributed by atoms with van der Waals surface area (Å²) >= 11 is 5.99. The monoisotopic (exact) mass is 590 g/mol. The fourth-order valence-electron chi connectivity index (χ4n) is 5.21. The van der Waals surface area contributed by atoms with Crippen LogP contribution in [0.15, 0.2) is 101 Å². The Morgan fingerprint density at radius 3 is 2.56 bits per heavy atom. The number of allylic oxidation sites excluding steroid dienone is 1. The first kappa shape index (κ1) is 28.0. The van der Waals surface area contributed by atoms with Gasteiger partial charge in [-0.25, -0.2) is 4.79 Å². The van der Waals surface area contributed by atoms with Crippen LogP contribution in [0.3, 0.4) is 0 Å². The summed E-state index contributed by atoms with van der Waals surface area (Å²) in [5.41, 5.74) is 11.5. The van der Waals surface area contributed by atoms with E-state index in [2.05, 4.69) is 13.0 Å². The second-order valence-electron chi connectivity index (χ2n) is 10.2. The molecule has 0 aliphatic carbocycles. The van der Waals surface area contributed by atoms with Gasteiger partial charge >= 0.3 is 5.97 Å². The molecule has 7 nitrogen and oxygen atoms in total. The molecule has 2 heterocycles. The summed E-state index contributed by atoms with van der Waals surface area (Å²) in [5, 5.41) is 11.5. The van der Waals surface area contributed by atoms with Crippen LogP contribution in [0.4, 0.5) is 0 Å². The van der Waals surface area contributed by atoms with Gasteiger partial charge in [-0.05, 0) is 72.5 Å². The number of halogens is 1. The third-order valence-electron chi connectivity index (χ3n) is 7.51. The summed E-state index contributed by atoms with van der Waals surface area (Å²) in [6, 6.07) is 28.0. The molecule has 6 rings (SSSR count). The van der Waals surface area contributed by atoms with Crippen molar-refractivity contribution < 1.29 is 23.4 Å². The van der Waals surface area contributed by atoms with Gasteiger partial charge in [0.25, 0.3) is 0 Å². The van der Waals surface area contributed by atoms with Crippen LogP contribution in [0.25, 0.3) is 11.0 Å². The molecule has 1 aliphatic heterocycles. The maximum absolute atomic E-state index is 13.1. The molecule has 8 heteroatoms. The third-order valence-corrected chi connectivity index (χ3v) is 7.76. The summed E-state index contributed by atoms with van der Waals surface area (Å²) < 4.78 is 23.4. The molecule has 4 aromatic carbocycles. The maximum atomic E-state index is 13.1. The summed E-state index contributed by atoms with van der Waals surface area (Å²) in [4.78, 5) is 13.1. The van der Waals surface area contributed by atoms with E-state index < -0.39 is 11.9 Å². The van der Waals surface area contributed by atoms with Crippen molar-refractivity contribution in [2.45, 2.75) is 32.8 Å². The summed E-state index contributed by atoms with van der Waals surface area (Å²) in [5.74, 6) is 0.262. The highest BCUT2D eigenvalue weighted by atomic mass is 35.5. The largest absolute Gasteiger partial charge is 0.489 e. The van der Waals surface area contributed by atoms with Crippen molar-refractivity contribution in [3.05, 3.63) is 135 Å². The number of hydrogen-bond donors (Lipinski definition) is 1. The number of ether oxygens (including phenoxy) is 3. The lowest BCUT2D eigenvalue weighted by atomic mass is 9.83. The van der Waals surface area contributed by atoms with E-state index in [0.29, 0.717) is 39.8 Å². The standard InChI is InChI=1S/C35H27ClN2O5/c1-3-21-9-14-30-28(15-21)20(2)33(42-30)35(39)41-26-12-13-27-31(17-26)43-34(38)29(18-37)32(27)23-5-4-6-25(16-23)40-19-22-7-10-24(36)11-8-22/h4-17,32H,3,19,38H2,1-2H3. The van der Waals surface area contributed by atoms with Crippen molar-refractivity contribution in [2.75, 3.05) is 0 Å². The highest BCUT2D eigenvalue weighted by Crippen LogP contribution is 2.44. The van der Waals surface area contributed by atoms with E-state index in [1.54, 1.807) is 18.2 Å². The number of hydrogen-bond acceptors (Lipinski definition) is 7. The van der Waals surface area contributed by atoms with Crippen LogP contribution in [0.2, 0.25) is 5.02 Å².